The number of nitrogens with one attached hydrogen (secondary N) is 1. The predicted octanol–water partition coefficient (Wildman–Crippen LogP) is 3.81. The highest BCUT2D eigenvalue weighted by Crippen LogP contribution is 2.19. The van der Waals surface area contributed by atoms with Crippen molar-refractivity contribution >= 4 is 11.6 Å². The monoisotopic (exact) mass is 436 g/mol. The van der Waals surface area contributed by atoms with Gasteiger partial charge in [-0.05, 0) is 63.1 Å². The van der Waals surface area contributed by atoms with Crippen molar-refractivity contribution in [2.75, 3.05) is 39.6 Å². The number of ether oxygens (including phenoxy) is 3. The second-order valence-electron chi connectivity index (χ2n) is 6.82. The van der Waals surface area contributed by atoms with Gasteiger partial charge in [0.1, 0.15) is 23.6 Å². The molecule has 1 aromatic heterocycles. The van der Waals surface area contributed by atoms with Crippen LogP contribution in [0.25, 0.3) is 0 Å². The highest BCUT2D eigenvalue weighted by atomic mass is 35.5. The second kappa shape index (κ2) is 14.3. The number of aliphatic hydroxyl groups is 1. The molecule has 2 rings (SSSR count). The Balaban J connectivity index is 1.85. The lowest BCUT2D eigenvalue weighted by Gasteiger charge is -2.24. The zero-order valence-corrected chi connectivity index (χ0v) is 18.6. The highest BCUT2D eigenvalue weighted by Gasteiger charge is 2.21. The lowest BCUT2D eigenvalue weighted by atomic mass is 10.0. The predicted molar refractivity (Wildman–Crippen MR) is 119 cm³/mol. The number of benzene rings is 1. The van der Waals surface area contributed by atoms with E-state index in [-0.39, 0.29) is 6.04 Å². The first kappa shape index (κ1) is 24.6. The molecule has 1 heterocycles. The Bertz CT molecular complexity index is 715. The van der Waals surface area contributed by atoms with Crippen molar-refractivity contribution in [3.8, 4) is 5.75 Å². The Hall–Kier alpha value is -1.70. The minimum atomic E-state index is -0.759. The third kappa shape index (κ3) is 8.98. The van der Waals surface area contributed by atoms with Crippen LogP contribution in [0.1, 0.15) is 37.6 Å². The van der Waals surface area contributed by atoms with Crippen molar-refractivity contribution in [3.05, 3.63) is 58.9 Å². The molecule has 30 heavy (non-hydrogen) atoms. The van der Waals surface area contributed by atoms with Crippen LogP contribution in [0.15, 0.2) is 42.5 Å². The van der Waals surface area contributed by atoms with E-state index in [2.05, 4.69) is 22.4 Å². The molecule has 0 radical (unpaired) electrons. The Morgan fingerprint density at radius 2 is 1.73 bits per heavy atom. The molecule has 6 nitrogen and oxygen atoms in total. The zero-order valence-electron chi connectivity index (χ0n) is 17.9. The van der Waals surface area contributed by atoms with Gasteiger partial charge in [-0.1, -0.05) is 29.8 Å². The summed E-state index contributed by atoms with van der Waals surface area (Å²) in [6, 6.07) is 13.2. The topological polar surface area (TPSA) is 72.8 Å². The van der Waals surface area contributed by atoms with Crippen molar-refractivity contribution in [1.82, 2.24) is 10.3 Å². The second-order valence-corrected chi connectivity index (χ2v) is 7.20. The van der Waals surface area contributed by atoms with Crippen molar-refractivity contribution < 1.29 is 19.3 Å². The normalized spacial score (nSPS) is 13.2. The SMILES string of the molecule is CCOCCOc1ccc(CCNC(CCOCC)C(O)c2cccc(Cl)n2)cc1. The van der Waals surface area contributed by atoms with Gasteiger partial charge in [-0.3, -0.25) is 0 Å². The molecule has 2 aromatic rings. The highest BCUT2D eigenvalue weighted by molar-refractivity contribution is 6.29. The van der Waals surface area contributed by atoms with Gasteiger partial charge in [0, 0.05) is 25.9 Å². The molecule has 0 fully saturated rings. The molecule has 0 amide bonds. The van der Waals surface area contributed by atoms with Crippen LogP contribution in [0.4, 0.5) is 0 Å². The van der Waals surface area contributed by atoms with Crippen LogP contribution in [-0.4, -0.2) is 55.7 Å². The summed E-state index contributed by atoms with van der Waals surface area (Å²) < 4.78 is 16.4. The molecule has 2 unspecified atom stereocenters. The number of hydrogen-bond donors (Lipinski definition) is 2. The molecule has 166 valence electrons. The van der Waals surface area contributed by atoms with E-state index < -0.39 is 6.10 Å². The summed E-state index contributed by atoms with van der Waals surface area (Å²) in [5, 5.41) is 14.6. The molecule has 2 N–H and O–H groups in total. The van der Waals surface area contributed by atoms with Gasteiger partial charge < -0.3 is 24.6 Å². The average Bonchev–Trinajstić information content (AvgIpc) is 2.76. The Kier molecular flexibility index (Phi) is 11.7. The van der Waals surface area contributed by atoms with E-state index in [1.165, 1.54) is 5.56 Å². The van der Waals surface area contributed by atoms with Gasteiger partial charge in [-0.15, -0.1) is 0 Å². The van der Waals surface area contributed by atoms with Gasteiger partial charge in [0.05, 0.1) is 12.3 Å². The average molecular weight is 437 g/mol. The quantitative estimate of drug-likeness (QED) is 0.326. The molecule has 2 atom stereocenters. The van der Waals surface area contributed by atoms with E-state index >= 15 is 0 Å². The lowest BCUT2D eigenvalue weighted by Crippen LogP contribution is -2.37. The lowest BCUT2D eigenvalue weighted by molar-refractivity contribution is 0.0842. The summed E-state index contributed by atoms with van der Waals surface area (Å²) in [7, 11) is 0. The molecular formula is C23H33ClN2O4. The molecule has 0 bridgehead atoms. The number of hydrogen-bond acceptors (Lipinski definition) is 6. The van der Waals surface area contributed by atoms with Gasteiger partial charge >= 0.3 is 0 Å². The maximum Gasteiger partial charge on any atom is 0.129 e. The number of halogens is 1. The van der Waals surface area contributed by atoms with E-state index in [0.717, 1.165) is 18.7 Å². The summed E-state index contributed by atoms with van der Waals surface area (Å²) in [5.41, 5.74) is 1.75. The maximum absolute atomic E-state index is 10.8. The Labute approximate surface area is 184 Å². The van der Waals surface area contributed by atoms with Crippen molar-refractivity contribution in [2.45, 2.75) is 38.8 Å². The third-order valence-electron chi connectivity index (χ3n) is 4.64. The number of aromatic nitrogens is 1. The van der Waals surface area contributed by atoms with E-state index in [1.807, 2.05) is 26.0 Å². The molecule has 0 aliphatic rings. The summed E-state index contributed by atoms with van der Waals surface area (Å²) in [5.74, 6) is 0.837. The van der Waals surface area contributed by atoms with Crippen molar-refractivity contribution in [3.63, 3.8) is 0 Å². The Morgan fingerprint density at radius 3 is 2.43 bits per heavy atom. The number of rotatable bonds is 15. The van der Waals surface area contributed by atoms with E-state index in [9.17, 15) is 5.11 Å². The molecule has 7 heteroatoms. The summed E-state index contributed by atoms with van der Waals surface area (Å²) in [4.78, 5) is 4.25. The van der Waals surface area contributed by atoms with Crippen LogP contribution in [0, 0.1) is 0 Å². The van der Waals surface area contributed by atoms with Gasteiger partial charge in [0.25, 0.3) is 0 Å². The molecule has 0 spiro atoms. The van der Waals surface area contributed by atoms with Crippen LogP contribution in [0.3, 0.4) is 0 Å². The summed E-state index contributed by atoms with van der Waals surface area (Å²) in [6.45, 7) is 7.70. The fourth-order valence-electron chi connectivity index (χ4n) is 3.04. The first-order valence-corrected chi connectivity index (χ1v) is 10.9. The van der Waals surface area contributed by atoms with Gasteiger partial charge in [0.15, 0.2) is 0 Å². The molecule has 0 saturated heterocycles. The number of nitrogens with zero attached hydrogens (tertiary/aromatic N) is 1. The fraction of sp³-hybridized carbons (Fsp3) is 0.522. The summed E-state index contributed by atoms with van der Waals surface area (Å²) >= 11 is 5.98. The fourth-order valence-corrected chi connectivity index (χ4v) is 3.21. The number of pyridine rings is 1. The maximum atomic E-state index is 10.8. The van der Waals surface area contributed by atoms with Crippen LogP contribution < -0.4 is 10.1 Å². The van der Waals surface area contributed by atoms with E-state index in [0.29, 0.717) is 50.3 Å². The molecular weight excluding hydrogens is 404 g/mol. The first-order chi connectivity index (χ1) is 14.6. The van der Waals surface area contributed by atoms with Crippen molar-refractivity contribution in [2.24, 2.45) is 0 Å². The van der Waals surface area contributed by atoms with Crippen LogP contribution in [0.5, 0.6) is 5.75 Å². The van der Waals surface area contributed by atoms with Crippen LogP contribution in [0.2, 0.25) is 5.15 Å². The smallest absolute Gasteiger partial charge is 0.129 e. The minimum Gasteiger partial charge on any atom is -0.491 e. The first-order valence-electron chi connectivity index (χ1n) is 10.5. The Morgan fingerprint density at radius 1 is 1.00 bits per heavy atom. The van der Waals surface area contributed by atoms with Gasteiger partial charge in [-0.2, -0.15) is 0 Å². The van der Waals surface area contributed by atoms with Crippen LogP contribution in [-0.2, 0) is 15.9 Å². The molecule has 1 aromatic carbocycles. The van der Waals surface area contributed by atoms with Crippen molar-refractivity contribution in [1.29, 1.82) is 0 Å². The minimum absolute atomic E-state index is 0.177. The molecule has 0 aliphatic carbocycles. The standard InChI is InChI=1S/C23H33ClN2O4/c1-3-28-15-13-20(23(27)21-6-5-7-22(24)26-21)25-14-12-18-8-10-19(11-9-18)30-17-16-29-4-2/h5-11,20,23,25,27H,3-4,12-17H2,1-2H3. The van der Waals surface area contributed by atoms with E-state index in [1.54, 1.807) is 18.2 Å². The third-order valence-corrected chi connectivity index (χ3v) is 4.85. The van der Waals surface area contributed by atoms with Gasteiger partial charge in [-0.25, -0.2) is 4.98 Å². The zero-order chi connectivity index (χ0) is 21.6. The largest absolute Gasteiger partial charge is 0.491 e. The van der Waals surface area contributed by atoms with E-state index in [4.69, 9.17) is 25.8 Å². The molecule has 0 saturated carbocycles. The van der Waals surface area contributed by atoms with Crippen LogP contribution >= 0.6 is 11.6 Å². The molecule has 0 aliphatic heterocycles. The number of aliphatic hydroxyl groups excluding tert-OH is 1. The van der Waals surface area contributed by atoms with Gasteiger partial charge in [0.2, 0.25) is 0 Å². The summed E-state index contributed by atoms with van der Waals surface area (Å²) in [6.07, 6.45) is 0.751.